The molecule has 0 bridgehead atoms. The molecule has 1 aromatic carbocycles. The number of ether oxygens (including phenoxy) is 1. The zero-order chi connectivity index (χ0) is 16.2. The van der Waals surface area contributed by atoms with Crippen molar-refractivity contribution in [1.29, 1.82) is 0 Å². The van der Waals surface area contributed by atoms with Crippen LogP contribution in [0.2, 0.25) is 0 Å². The topological polar surface area (TPSA) is 44.8 Å². The molecule has 3 rings (SSSR count). The first-order valence-electron chi connectivity index (χ1n) is 8.29. The molecule has 126 valence electrons. The molecule has 2 aliphatic heterocycles. The third-order valence-electron chi connectivity index (χ3n) is 4.76. The Morgan fingerprint density at radius 1 is 1.22 bits per heavy atom. The quantitative estimate of drug-likeness (QED) is 0.919. The minimum atomic E-state index is -0.343. The molecule has 0 saturated carbocycles. The van der Waals surface area contributed by atoms with Crippen molar-refractivity contribution in [2.75, 3.05) is 44.7 Å². The number of nitrogens with one attached hydrogen (secondary N) is 1. The number of rotatable bonds is 3. The number of amides is 1. The summed E-state index contributed by atoms with van der Waals surface area (Å²) in [6.07, 6.45) is 3.10. The largest absolute Gasteiger partial charge is 0.494 e. The van der Waals surface area contributed by atoms with Crippen LogP contribution in [0.3, 0.4) is 0 Å². The normalized spacial score (nSPS) is 23.3. The highest BCUT2D eigenvalue weighted by Gasteiger charge is 2.29. The number of piperazine rings is 1. The van der Waals surface area contributed by atoms with Crippen LogP contribution in [0.15, 0.2) is 18.2 Å². The lowest BCUT2D eigenvalue weighted by Gasteiger charge is -2.39. The molecule has 0 aromatic heterocycles. The van der Waals surface area contributed by atoms with E-state index in [-0.39, 0.29) is 23.5 Å². The molecular weight excluding hydrogens is 297 g/mol. The summed E-state index contributed by atoms with van der Waals surface area (Å²) in [5.74, 6) is 0.0949. The van der Waals surface area contributed by atoms with E-state index in [0.29, 0.717) is 0 Å². The Labute approximate surface area is 136 Å². The van der Waals surface area contributed by atoms with Crippen LogP contribution in [0.5, 0.6) is 5.75 Å². The predicted octanol–water partition coefficient (Wildman–Crippen LogP) is 1.62. The summed E-state index contributed by atoms with van der Waals surface area (Å²) < 4.78 is 18.6. The van der Waals surface area contributed by atoms with Gasteiger partial charge in [-0.15, -0.1) is 0 Å². The van der Waals surface area contributed by atoms with Gasteiger partial charge in [0, 0.05) is 44.5 Å². The minimum absolute atomic E-state index is 0.00223. The highest BCUT2D eigenvalue weighted by atomic mass is 19.1. The lowest BCUT2D eigenvalue weighted by atomic mass is 10.1. The van der Waals surface area contributed by atoms with Gasteiger partial charge in [-0.05, 0) is 31.4 Å². The number of anilines is 1. The molecule has 2 aliphatic rings. The van der Waals surface area contributed by atoms with E-state index in [1.54, 1.807) is 12.1 Å². The van der Waals surface area contributed by atoms with Crippen molar-refractivity contribution in [3.8, 4) is 5.75 Å². The number of nitrogens with zero attached hydrogens (tertiary/aromatic N) is 2. The first-order chi connectivity index (χ1) is 11.2. The number of carbonyl (C=O) groups excluding carboxylic acids is 1. The van der Waals surface area contributed by atoms with E-state index in [1.807, 2.05) is 0 Å². The van der Waals surface area contributed by atoms with Gasteiger partial charge in [-0.2, -0.15) is 0 Å². The maximum absolute atomic E-state index is 13.5. The van der Waals surface area contributed by atoms with Gasteiger partial charge in [-0.25, -0.2) is 4.39 Å². The lowest BCUT2D eigenvalue weighted by Crippen LogP contribution is -2.54. The van der Waals surface area contributed by atoms with Crippen molar-refractivity contribution in [2.45, 2.75) is 25.3 Å². The van der Waals surface area contributed by atoms with Gasteiger partial charge >= 0.3 is 0 Å². The fourth-order valence-corrected chi connectivity index (χ4v) is 3.41. The van der Waals surface area contributed by atoms with Crippen LogP contribution in [-0.4, -0.2) is 56.7 Å². The van der Waals surface area contributed by atoms with Gasteiger partial charge in [0.2, 0.25) is 5.91 Å². The van der Waals surface area contributed by atoms with Gasteiger partial charge in [0.15, 0.2) is 11.6 Å². The minimum Gasteiger partial charge on any atom is -0.494 e. The van der Waals surface area contributed by atoms with E-state index in [2.05, 4.69) is 15.1 Å². The predicted molar refractivity (Wildman–Crippen MR) is 87.4 cm³/mol. The van der Waals surface area contributed by atoms with Crippen molar-refractivity contribution in [1.82, 2.24) is 10.2 Å². The van der Waals surface area contributed by atoms with Gasteiger partial charge < -0.3 is 15.0 Å². The van der Waals surface area contributed by atoms with Crippen LogP contribution < -0.4 is 15.0 Å². The number of carbonyl (C=O) groups is 1. The fourth-order valence-electron chi connectivity index (χ4n) is 3.41. The Bertz CT molecular complexity index is 559. The molecular formula is C17H24FN3O2. The standard InChI is InChI=1S/C17H24FN3O2/c1-23-16-12-13(5-6-14(16)18)20-8-10-21(11-9-20)15-4-2-3-7-19-17(15)22/h5-6,12,15H,2-4,7-11H2,1H3,(H,19,22). The molecule has 1 amide bonds. The highest BCUT2D eigenvalue weighted by Crippen LogP contribution is 2.26. The van der Waals surface area contributed by atoms with E-state index in [1.165, 1.54) is 13.2 Å². The molecule has 2 saturated heterocycles. The van der Waals surface area contributed by atoms with Crippen molar-refractivity contribution >= 4 is 11.6 Å². The summed E-state index contributed by atoms with van der Waals surface area (Å²) in [5.41, 5.74) is 0.966. The summed E-state index contributed by atoms with van der Waals surface area (Å²) in [4.78, 5) is 16.7. The molecule has 1 unspecified atom stereocenters. The monoisotopic (exact) mass is 321 g/mol. The van der Waals surface area contributed by atoms with Crippen LogP contribution in [-0.2, 0) is 4.79 Å². The van der Waals surface area contributed by atoms with Gasteiger partial charge in [-0.1, -0.05) is 0 Å². The average molecular weight is 321 g/mol. The van der Waals surface area contributed by atoms with Crippen molar-refractivity contribution < 1.29 is 13.9 Å². The molecule has 2 heterocycles. The van der Waals surface area contributed by atoms with Gasteiger partial charge in [0.05, 0.1) is 13.2 Å². The maximum atomic E-state index is 13.5. The van der Waals surface area contributed by atoms with Gasteiger partial charge in [0.25, 0.3) is 0 Å². The number of benzene rings is 1. The van der Waals surface area contributed by atoms with Crippen LogP contribution >= 0.6 is 0 Å². The lowest BCUT2D eigenvalue weighted by molar-refractivity contribution is -0.126. The third-order valence-corrected chi connectivity index (χ3v) is 4.76. The van der Waals surface area contributed by atoms with Crippen LogP contribution in [0.4, 0.5) is 10.1 Å². The summed E-state index contributed by atoms with van der Waals surface area (Å²) in [5, 5.41) is 3.00. The highest BCUT2D eigenvalue weighted by molar-refractivity contribution is 5.82. The Morgan fingerprint density at radius 2 is 2.00 bits per heavy atom. The number of halogens is 1. The van der Waals surface area contributed by atoms with Crippen molar-refractivity contribution in [2.24, 2.45) is 0 Å². The summed E-state index contributed by atoms with van der Waals surface area (Å²) >= 11 is 0. The molecule has 1 atom stereocenters. The third kappa shape index (κ3) is 3.58. The maximum Gasteiger partial charge on any atom is 0.237 e. The Hall–Kier alpha value is -1.82. The van der Waals surface area contributed by atoms with Gasteiger partial charge in [-0.3, -0.25) is 9.69 Å². The Balaban J connectivity index is 1.63. The second kappa shape index (κ2) is 7.17. The molecule has 6 heteroatoms. The molecule has 5 nitrogen and oxygen atoms in total. The second-order valence-corrected chi connectivity index (χ2v) is 6.14. The fraction of sp³-hybridized carbons (Fsp3) is 0.588. The Kier molecular flexibility index (Phi) is 5.00. The van der Waals surface area contributed by atoms with E-state index < -0.39 is 0 Å². The Morgan fingerprint density at radius 3 is 2.74 bits per heavy atom. The summed E-state index contributed by atoms with van der Waals surface area (Å²) in [7, 11) is 1.48. The number of hydrogen-bond donors (Lipinski definition) is 1. The van der Waals surface area contributed by atoms with E-state index in [9.17, 15) is 9.18 Å². The molecule has 0 aliphatic carbocycles. The zero-order valence-corrected chi connectivity index (χ0v) is 13.6. The average Bonchev–Trinajstić information content (AvgIpc) is 2.80. The smallest absolute Gasteiger partial charge is 0.237 e. The summed E-state index contributed by atoms with van der Waals surface area (Å²) in [6, 6.07) is 4.97. The zero-order valence-electron chi connectivity index (χ0n) is 13.6. The van der Waals surface area contributed by atoms with Crippen molar-refractivity contribution in [3.63, 3.8) is 0 Å². The molecule has 0 radical (unpaired) electrons. The second-order valence-electron chi connectivity index (χ2n) is 6.14. The molecule has 0 spiro atoms. The molecule has 23 heavy (non-hydrogen) atoms. The number of methoxy groups -OCH3 is 1. The van der Waals surface area contributed by atoms with Crippen LogP contribution in [0.25, 0.3) is 0 Å². The van der Waals surface area contributed by atoms with Crippen LogP contribution in [0.1, 0.15) is 19.3 Å². The first-order valence-corrected chi connectivity index (χ1v) is 8.29. The van der Waals surface area contributed by atoms with Gasteiger partial charge in [0.1, 0.15) is 0 Å². The number of hydrogen-bond acceptors (Lipinski definition) is 4. The van der Waals surface area contributed by atoms with E-state index >= 15 is 0 Å². The summed E-state index contributed by atoms with van der Waals surface area (Å²) in [6.45, 7) is 4.15. The van der Waals surface area contributed by atoms with Crippen LogP contribution in [0, 0.1) is 5.82 Å². The molecule has 1 N–H and O–H groups in total. The van der Waals surface area contributed by atoms with E-state index in [4.69, 9.17) is 4.74 Å². The SMILES string of the molecule is COc1cc(N2CCN(C3CCCCNC3=O)CC2)ccc1F. The molecule has 2 fully saturated rings. The first kappa shape index (κ1) is 16.1. The molecule has 1 aromatic rings. The van der Waals surface area contributed by atoms with Crippen molar-refractivity contribution in [3.05, 3.63) is 24.0 Å². The van der Waals surface area contributed by atoms with E-state index in [0.717, 1.165) is 57.7 Å².